The van der Waals surface area contributed by atoms with Crippen LogP contribution in [0.2, 0.25) is 0 Å². The first-order valence-electron chi connectivity index (χ1n) is 31.2. The number of aromatic amines is 2. The van der Waals surface area contributed by atoms with Crippen molar-refractivity contribution in [3.8, 4) is 61.8 Å². The van der Waals surface area contributed by atoms with Crippen LogP contribution in [0.15, 0.2) is 146 Å². The highest BCUT2D eigenvalue weighted by atomic mass is 16.5. The highest BCUT2D eigenvalue weighted by Crippen LogP contribution is 2.43. The van der Waals surface area contributed by atoms with Gasteiger partial charge in [0.05, 0.1) is 53.6 Å². The molecule has 0 fully saturated rings. The van der Waals surface area contributed by atoms with E-state index in [-0.39, 0.29) is 0 Å². The molecule has 8 bridgehead atoms. The Hall–Kier alpha value is -8.23. The van der Waals surface area contributed by atoms with Crippen molar-refractivity contribution in [3.05, 3.63) is 168 Å². The van der Waals surface area contributed by atoms with E-state index in [4.69, 9.17) is 29.2 Å². The maximum atomic E-state index is 6.35. The number of nitrogens with zero attached hydrogens (tertiary/aromatic N) is 3. The molecule has 0 radical (unpaired) electrons. The van der Waals surface area contributed by atoms with Gasteiger partial charge < -0.3 is 24.2 Å². The molecule has 0 aliphatic carbocycles. The molecule has 83 heavy (non-hydrogen) atoms. The van der Waals surface area contributed by atoms with Crippen LogP contribution in [0.3, 0.4) is 0 Å². The molecule has 0 saturated carbocycles. The zero-order valence-corrected chi connectivity index (χ0v) is 49.1. The number of hydrogen-bond donors (Lipinski definition) is 2. The summed E-state index contributed by atoms with van der Waals surface area (Å²) in [5.41, 5.74) is 17.1. The van der Waals surface area contributed by atoms with E-state index >= 15 is 0 Å². The van der Waals surface area contributed by atoms with Gasteiger partial charge in [0.1, 0.15) is 17.2 Å². The number of aromatic nitrogens is 5. The Morgan fingerprint density at radius 2 is 0.590 bits per heavy atom. The van der Waals surface area contributed by atoms with Gasteiger partial charge in [0.25, 0.3) is 0 Å². The lowest BCUT2D eigenvalue weighted by Crippen LogP contribution is -1.97. The highest BCUT2D eigenvalue weighted by molar-refractivity contribution is 6.14. The Morgan fingerprint density at radius 3 is 0.940 bits per heavy atom. The third-order valence-electron chi connectivity index (χ3n) is 16.3. The lowest BCUT2D eigenvalue weighted by Gasteiger charge is -2.13. The summed E-state index contributed by atoms with van der Waals surface area (Å²) in [6.45, 7) is 8.90. The predicted molar refractivity (Wildman–Crippen MR) is 350 cm³/mol. The van der Waals surface area contributed by atoms with Gasteiger partial charge in [-0.3, -0.25) is 0 Å². The Balaban J connectivity index is 1.10. The van der Waals surface area contributed by atoms with Crippen molar-refractivity contribution >= 4 is 68.2 Å². The zero-order chi connectivity index (χ0) is 56.6. The summed E-state index contributed by atoms with van der Waals surface area (Å²) in [7, 11) is 0. The van der Waals surface area contributed by atoms with E-state index in [1.165, 1.54) is 96.3 Å². The smallest absolute Gasteiger partial charge is 0.119 e. The molecule has 8 nitrogen and oxygen atoms in total. The van der Waals surface area contributed by atoms with Crippen LogP contribution < -0.4 is 14.2 Å². The third kappa shape index (κ3) is 13.7. The quantitative estimate of drug-likeness (QED) is 0.0375. The Bertz CT molecular complexity index is 3740. The molecule has 0 atom stereocenters. The summed E-state index contributed by atoms with van der Waals surface area (Å²) in [6, 6.07) is 51.4. The Labute approximate surface area is 491 Å². The lowest BCUT2D eigenvalue weighted by atomic mass is 9.95. The van der Waals surface area contributed by atoms with E-state index in [1.54, 1.807) is 0 Å². The summed E-state index contributed by atoms with van der Waals surface area (Å²) in [5.74, 6) is 2.60. The first-order valence-corrected chi connectivity index (χ1v) is 31.2. The van der Waals surface area contributed by atoms with Crippen LogP contribution in [0.4, 0.5) is 0 Å². The fourth-order valence-corrected chi connectivity index (χ4v) is 11.9. The molecular weight excluding hydrogens is 1020 g/mol. The van der Waals surface area contributed by atoms with Gasteiger partial charge in [0, 0.05) is 60.7 Å². The molecule has 0 unspecified atom stereocenters. The van der Waals surface area contributed by atoms with E-state index in [9.17, 15) is 0 Å². The summed E-state index contributed by atoms with van der Waals surface area (Å²) in [5, 5.41) is 2.10. The van der Waals surface area contributed by atoms with Crippen LogP contribution in [-0.2, 0) is 0 Å². The number of ether oxygens (including phenoxy) is 3. The summed E-state index contributed by atoms with van der Waals surface area (Å²) < 4.78 is 19.0. The first kappa shape index (κ1) is 56.6. The number of rotatable bonds is 28. The number of pyridine rings is 1. The largest absolute Gasteiger partial charge is 0.494 e. The molecule has 0 spiro atoms. The maximum absolute atomic E-state index is 6.35. The molecule has 0 amide bonds. The zero-order valence-electron chi connectivity index (χ0n) is 49.1. The van der Waals surface area contributed by atoms with Gasteiger partial charge in [0.2, 0.25) is 0 Å². The molecule has 4 aromatic heterocycles. The topological polar surface area (TPSA) is 97.9 Å². The van der Waals surface area contributed by atoms with Crippen molar-refractivity contribution in [2.24, 2.45) is 0 Å². The minimum Gasteiger partial charge on any atom is -0.494 e. The molecule has 9 aromatic rings. The molecule has 5 aromatic carbocycles. The van der Waals surface area contributed by atoms with Crippen LogP contribution in [0.5, 0.6) is 17.2 Å². The molecule has 11 rings (SSSR count). The number of unbranched alkanes of at least 4 members (excludes halogenated alkanes) is 15. The van der Waals surface area contributed by atoms with Crippen molar-refractivity contribution in [1.82, 2.24) is 24.9 Å². The van der Waals surface area contributed by atoms with Crippen LogP contribution >= 0.6 is 0 Å². The van der Waals surface area contributed by atoms with Gasteiger partial charge in [-0.05, 0) is 133 Å². The molecule has 6 heterocycles. The highest BCUT2D eigenvalue weighted by Gasteiger charge is 2.22. The van der Waals surface area contributed by atoms with Crippen molar-refractivity contribution in [2.45, 2.75) is 136 Å². The van der Waals surface area contributed by atoms with E-state index in [0.717, 1.165) is 148 Å². The van der Waals surface area contributed by atoms with Crippen molar-refractivity contribution in [1.29, 1.82) is 0 Å². The van der Waals surface area contributed by atoms with Gasteiger partial charge in [-0.2, -0.15) is 0 Å². The molecular formula is C75H81N5O3. The van der Waals surface area contributed by atoms with Crippen molar-refractivity contribution in [3.63, 3.8) is 0 Å². The summed E-state index contributed by atoms with van der Waals surface area (Å²) >= 11 is 0. The lowest BCUT2D eigenvalue weighted by molar-refractivity contribution is 0.304. The predicted octanol–water partition coefficient (Wildman–Crippen LogP) is 21.2. The fraction of sp³-hybridized carbons (Fsp3) is 0.320. The SMILES string of the molecule is CCCCCCCCOc1ccc(-c2c3nc(c(-c4ccc(OCCCCCCCC)cc4)c4ccc([nH]4)c(-c4c5ccccc5nc5ccccc45)c4nc(c(-c5ccc(OCCCCCCCC)cc5)c5ccc2[nH]5)C=C4)C=C3)cc1. The van der Waals surface area contributed by atoms with Gasteiger partial charge >= 0.3 is 0 Å². The second kappa shape index (κ2) is 28.2. The van der Waals surface area contributed by atoms with Gasteiger partial charge in [-0.1, -0.05) is 190 Å². The Kier molecular flexibility index (Phi) is 19.2. The second-order valence-electron chi connectivity index (χ2n) is 22.4. The molecule has 8 heteroatoms. The second-order valence-corrected chi connectivity index (χ2v) is 22.4. The standard InChI is InChI=1S/C75H81N5O3/c1-4-7-10-13-16-23-50-81-56-36-30-53(31-37-56)71-63-42-44-65(77-63)72(54-32-38-57(39-33-54)82-51-24-17-14-11-8-5-2)67-46-48-69(79-67)75(74-59-26-19-21-28-61(59)76-62-29-22-20-27-60(62)74)70-49-47-68(80-70)73(66-45-43-64(71)78-66)55-34-40-58(41-35-55)83-52-25-18-15-12-9-6-3/h19-22,26-49,77,80H,4-18,23-25,50-52H2,1-3H3. The minimum absolute atomic E-state index is 0.704. The van der Waals surface area contributed by atoms with Crippen molar-refractivity contribution in [2.75, 3.05) is 19.8 Å². The average molecular weight is 1100 g/mol. The normalized spacial score (nSPS) is 12.0. The maximum Gasteiger partial charge on any atom is 0.119 e. The molecule has 2 aliphatic rings. The van der Waals surface area contributed by atoms with Crippen LogP contribution in [0, 0.1) is 0 Å². The molecule has 424 valence electrons. The van der Waals surface area contributed by atoms with E-state index in [1.807, 2.05) is 0 Å². The fourth-order valence-electron chi connectivity index (χ4n) is 11.9. The van der Waals surface area contributed by atoms with Crippen molar-refractivity contribution < 1.29 is 14.2 Å². The van der Waals surface area contributed by atoms with E-state index < -0.39 is 0 Å². The van der Waals surface area contributed by atoms with Gasteiger partial charge in [0.15, 0.2) is 0 Å². The number of H-pyrrole nitrogens is 2. The summed E-state index contributed by atoms with van der Waals surface area (Å²) in [4.78, 5) is 24.5. The molecule has 0 saturated heterocycles. The number of hydrogen-bond acceptors (Lipinski definition) is 6. The summed E-state index contributed by atoms with van der Waals surface area (Å²) in [6.07, 6.45) is 30.7. The van der Waals surface area contributed by atoms with E-state index in [2.05, 4.69) is 201 Å². The molecule has 2 aliphatic heterocycles. The minimum atomic E-state index is 0.704. The third-order valence-corrected chi connectivity index (χ3v) is 16.3. The van der Waals surface area contributed by atoms with E-state index in [0.29, 0.717) is 19.8 Å². The Morgan fingerprint density at radius 1 is 0.289 bits per heavy atom. The first-order chi connectivity index (χ1) is 41.1. The number of benzene rings is 5. The van der Waals surface area contributed by atoms with Gasteiger partial charge in [-0.25, -0.2) is 15.0 Å². The number of para-hydroxylation sites is 2. The molecule has 2 N–H and O–H groups in total. The van der Waals surface area contributed by atoms with Crippen LogP contribution in [-0.4, -0.2) is 44.7 Å². The van der Waals surface area contributed by atoms with Gasteiger partial charge in [-0.15, -0.1) is 0 Å². The van der Waals surface area contributed by atoms with Crippen LogP contribution in [0.1, 0.15) is 159 Å². The number of fused-ring (bicyclic) bond motifs is 10. The monoisotopic (exact) mass is 1100 g/mol. The average Bonchev–Trinajstić information content (AvgIpc) is 4.36. The van der Waals surface area contributed by atoms with Crippen LogP contribution in [0.25, 0.3) is 113 Å². The number of nitrogens with one attached hydrogen (secondary N) is 2.